The molecule has 5 unspecified atom stereocenters. The van der Waals surface area contributed by atoms with Crippen molar-refractivity contribution >= 4 is 39.5 Å². The third-order valence-electron chi connectivity index (χ3n) is 16.3. The highest BCUT2D eigenvalue weighted by atomic mass is 31.2. The lowest BCUT2D eigenvalue weighted by Gasteiger charge is -2.21. The van der Waals surface area contributed by atoms with Crippen LogP contribution in [0.25, 0.3) is 0 Å². The summed E-state index contributed by atoms with van der Waals surface area (Å²) < 4.78 is 68.5. The standard InChI is InChI=1S/C79H140O17P2/c1-5-9-13-17-21-25-29-33-35-36-38-42-44-48-52-56-60-64-77(82)90-70-75(96-79(84)66-62-58-54-50-46-40-32-28-24-20-16-12-8-4)72-94-98(87,88)92-68-73(80)67-91-97(85,86)93-71-74(95-78(83)65-61-57-53-49-45-39-31-27-23-19-15-11-7-3)69-89-76(81)63-59-55-51-47-43-41-37-34-30-26-22-18-14-10-6-2/h9,13,15-16,19-21,25,27-28,31-33,35,73-75,80H,5-8,10-12,14,17-18,22-24,26,29-30,34,36-72H2,1-4H3,(H,85,86)(H,87,88)/b13-9-,19-15-,20-16-,25-21-,31-27-,32-28-,35-33-. The lowest BCUT2D eigenvalue weighted by Crippen LogP contribution is -2.30. The van der Waals surface area contributed by atoms with Crippen molar-refractivity contribution in [3.8, 4) is 0 Å². The fourth-order valence-corrected chi connectivity index (χ4v) is 12.0. The van der Waals surface area contributed by atoms with E-state index in [1.165, 1.54) is 70.6 Å². The molecular formula is C79H140O17P2. The average molecular weight is 1420 g/mol. The van der Waals surface area contributed by atoms with E-state index in [-0.39, 0.29) is 25.7 Å². The van der Waals surface area contributed by atoms with E-state index in [1.54, 1.807) is 0 Å². The summed E-state index contributed by atoms with van der Waals surface area (Å²) >= 11 is 0. The molecule has 0 saturated carbocycles. The molecule has 19 heteroatoms. The summed E-state index contributed by atoms with van der Waals surface area (Å²) in [7, 11) is -9.95. The molecule has 0 aliphatic heterocycles. The Labute approximate surface area is 595 Å². The number of ether oxygens (including phenoxy) is 4. The van der Waals surface area contributed by atoms with Crippen LogP contribution in [0, 0.1) is 0 Å². The van der Waals surface area contributed by atoms with Crippen molar-refractivity contribution in [3.05, 3.63) is 85.1 Å². The molecule has 0 fully saturated rings. The maximum Gasteiger partial charge on any atom is 0.472 e. The Morgan fingerprint density at radius 1 is 0.296 bits per heavy atom. The smallest absolute Gasteiger partial charge is 0.462 e. The van der Waals surface area contributed by atoms with Gasteiger partial charge in [-0.3, -0.25) is 37.3 Å². The molecule has 17 nitrogen and oxygen atoms in total. The van der Waals surface area contributed by atoms with Crippen LogP contribution >= 0.6 is 15.6 Å². The van der Waals surface area contributed by atoms with Crippen LogP contribution in [0.3, 0.4) is 0 Å². The number of unbranched alkanes of at least 4 members (excludes halogenated alkanes) is 33. The maximum atomic E-state index is 13.1. The highest BCUT2D eigenvalue weighted by Crippen LogP contribution is 2.45. The van der Waals surface area contributed by atoms with Gasteiger partial charge in [-0.25, -0.2) is 9.13 Å². The van der Waals surface area contributed by atoms with Crippen LogP contribution in [0.15, 0.2) is 85.1 Å². The first-order chi connectivity index (χ1) is 47.7. The van der Waals surface area contributed by atoms with Gasteiger partial charge in [-0.2, -0.15) is 0 Å². The van der Waals surface area contributed by atoms with E-state index in [0.717, 1.165) is 186 Å². The molecule has 3 N–H and O–H groups in total. The first-order valence-corrected chi connectivity index (χ1v) is 41.8. The van der Waals surface area contributed by atoms with Gasteiger partial charge in [-0.1, -0.05) is 286 Å². The average Bonchev–Trinajstić information content (AvgIpc) is 0.969. The third-order valence-corrected chi connectivity index (χ3v) is 18.2. The lowest BCUT2D eigenvalue weighted by atomic mass is 10.0. The second-order valence-electron chi connectivity index (χ2n) is 25.9. The van der Waals surface area contributed by atoms with Crippen molar-refractivity contribution in [3.63, 3.8) is 0 Å². The largest absolute Gasteiger partial charge is 0.472 e. The Hall–Kier alpha value is -3.76. The second-order valence-corrected chi connectivity index (χ2v) is 28.8. The Bertz CT molecular complexity index is 2190. The predicted octanol–water partition coefficient (Wildman–Crippen LogP) is 22.2. The van der Waals surface area contributed by atoms with E-state index in [2.05, 4.69) is 113 Å². The molecule has 0 aliphatic rings. The highest BCUT2D eigenvalue weighted by Gasteiger charge is 2.30. The summed E-state index contributed by atoms with van der Waals surface area (Å²) in [4.78, 5) is 72.9. The van der Waals surface area contributed by atoms with Crippen molar-refractivity contribution in [1.29, 1.82) is 0 Å². The molecule has 98 heavy (non-hydrogen) atoms. The zero-order valence-corrected chi connectivity index (χ0v) is 63.7. The molecule has 0 bridgehead atoms. The molecule has 0 spiro atoms. The van der Waals surface area contributed by atoms with Gasteiger partial charge >= 0.3 is 39.5 Å². The Kier molecular flexibility index (Phi) is 68.9. The Morgan fingerprint density at radius 2 is 0.551 bits per heavy atom. The van der Waals surface area contributed by atoms with Gasteiger partial charge in [0.25, 0.3) is 0 Å². The Balaban J connectivity index is 5.33. The molecule has 0 amide bonds. The van der Waals surface area contributed by atoms with Crippen LogP contribution in [0.5, 0.6) is 0 Å². The number of rotatable bonds is 73. The normalized spacial score (nSPS) is 14.4. The zero-order valence-electron chi connectivity index (χ0n) is 62.0. The summed E-state index contributed by atoms with van der Waals surface area (Å²) in [5.74, 6) is -2.20. The van der Waals surface area contributed by atoms with Crippen LogP contribution in [-0.2, 0) is 65.4 Å². The molecule has 0 aromatic carbocycles. The minimum absolute atomic E-state index is 0.0773. The van der Waals surface area contributed by atoms with Crippen LogP contribution < -0.4 is 0 Å². The molecule has 0 radical (unpaired) electrons. The van der Waals surface area contributed by atoms with Gasteiger partial charge in [-0.15, -0.1) is 0 Å². The van der Waals surface area contributed by atoms with E-state index >= 15 is 0 Å². The molecule has 0 aromatic rings. The predicted molar refractivity (Wildman–Crippen MR) is 399 cm³/mol. The Morgan fingerprint density at radius 3 is 0.857 bits per heavy atom. The van der Waals surface area contributed by atoms with Crippen LogP contribution in [-0.4, -0.2) is 96.7 Å². The number of carbonyl (C=O) groups is 4. The summed E-state index contributed by atoms with van der Waals surface area (Å²) in [5.41, 5.74) is 0. The number of allylic oxidation sites excluding steroid dienone is 14. The molecular weight excluding hydrogens is 1280 g/mol. The number of esters is 4. The summed E-state index contributed by atoms with van der Waals surface area (Å²) in [6, 6.07) is 0. The molecule has 0 aromatic heterocycles. The molecule has 568 valence electrons. The number of carbonyl (C=O) groups excluding carboxylic acids is 4. The first kappa shape index (κ1) is 94.2. The van der Waals surface area contributed by atoms with Gasteiger partial charge in [0.05, 0.1) is 26.4 Å². The van der Waals surface area contributed by atoms with Crippen LogP contribution in [0.1, 0.15) is 336 Å². The van der Waals surface area contributed by atoms with Crippen LogP contribution in [0.4, 0.5) is 0 Å². The monoisotopic (exact) mass is 1420 g/mol. The number of phosphoric ester groups is 2. The fourth-order valence-electron chi connectivity index (χ4n) is 10.4. The van der Waals surface area contributed by atoms with Crippen molar-refractivity contribution in [1.82, 2.24) is 0 Å². The van der Waals surface area contributed by atoms with Crippen molar-refractivity contribution < 1.29 is 80.2 Å². The minimum atomic E-state index is -4.98. The van der Waals surface area contributed by atoms with Gasteiger partial charge in [0.2, 0.25) is 0 Å². The van der Waals surface area contributed by atoms with Crippen molar-refractivity contribution in [2.75, 3.05) is 39.6 Å². The highest BCUT2D eigenvalue weighted by molar-refractivity contribution is 7.47. The lowest BCUT2D eigenvalue weighted by molar-refractivity contribution is -0.161. The van der Waals surface area contributed by atoms with E-state index in [1.807, 2.05) is 0 Å². The topological polar surface area (TPSA) is 237 Å². The third kappa shape index (κ3) is 70.7. The molecule has 0 heterocycles. The molecule has 0 rings (SSSR count). The number of hydrogen-bond donors (Lipinski definition) is 3. The summed E-state index contributed by atoms with van der Waals surface area (Å²) in [6.07, 6.45) is 72.8. The second kappa shape index (κ2) is 71.6. The maximum absolute atomic E-state index is 13.1. The van der Waals surface area contributed by atoms with Gasteiger partial charge in [0, 0.05) is 25.7 Å². The van der Waals surface area contributed by atoms with Gasteiger partial charge in [0.15, 0.2) is 12.2 Å². The number of hydrogen-bond acceptors (Lipinski definition) is 15. The van der Waals surface area contributed by atoms with Gasteiger partial charge in [-0.05, 0) is 109 Å². The van der Waals surface area contributed by atoms with E-state index in [0.29, 0.717) is 25.7 Å². The fraction of sp³-hybridized carbons (Fsp3) is 0.772. The molecule has 0 aliphatic carbocycles. The van der Waals surface area contributed by atoms with Gasteiger partial charge < -0.3 is 33.8 Å². The quantitative estimate of drug-likeness (QED) is 0.0169. The molecule has 5 atom stereocenters. The van der Waals surface area contributed by atoms with Crippen molar-refractivity contribution in [2.45, 2.75) is 354 Å². The summed E-state index contributed by atoms with van der Waals surface area (Å²) in [6.45, 7) is 4.63. The zero-order chi connectivity index (χ0) is 71.8. The van der Waals surface area contributed by atoms with Crippen LogP contribution in [0.2, 0.25) is 0 Å². The van der Waals surface area contributed by atoms with Crippen molar-refractivity contribution in [2.24, 2.45) is 0 Å². The van der Waals surface area contributed by atoms with E-state index in [4.69, 9.17) is 37.0 Å². The number of aliphatic hydroxyl groups excluding tert-OH is 1. The SMILES string of the molecule is CC/C=C\C/C=C\C/C=C\CCCCCCCCCC(=O)OCC(COP(=O)(O)OCC(O)COP(=O)(O)OCC(COC(=O)CCCCCCCCCCCCCCCCC)OC(=O)CCCCCCC/C=C\C/C=C\CCC)OC(=O)CCCCCCC/C=C\C/C=C\CCC. The van der Waals surface area contributed by atoms with Gasteiger partial charge in [0.1, 0.15) is 19.3 Å². The van der Waals surface area contributed by atoms with E-state index < -0.39 is 97.5 Å². The minimum Gasteiger partial charge on any atom is -0.462 e. The molecule has 0 saturated heterocycles. The number of phosphoric acid groups is 2. The van der Waals surface area contributed by atoms with E-state index in [9.17, 15) is 43.2 Å². The first-order valence-electron chi connectivity index (χ1n) is 38.8. The summed E-state index contributed by atoms with van der Waals surface area (Å²) in [5, 5.41) is 10.6. The number of aliphatic hydroxyl groups is 1.